The average molecular weight is 422 g/mol. The number of rotatable bonds is 9. The van der Waals surface area contributed by atoms with Crippen molar-refractivity contribution in [3.8, 4) is 5.75 Å². The molecule has 31 heavy (non-hydrogen) atoms. The average Bonchev–Trinajstić information content (AvgIpc) is 3.25. The summed E-state index contributed by atoms with van der Waals surface area (Å²) >= 11 is 0. The van der Waals surface area contributed by atoms with E-state index in [1.807, 2.05) is 36.5 Å². The molecule has 164 valence electrons. The van der Waals surface area contributed by atoms with Crippen molar-refractivity contribution >= 4 is 16.8 Å². The van der Waals surface area contributed by atoms with Crippen LogP contribution in [0.25, 0.3) is 10.9 Å². The van der Waals surface area contributed by atoms with E-state index in [9.17, 15) is 4.79 Å². The molecule has 6 nitrogen and oxygen atoms in total. The molecule has 0 bridgehead atoms. The van der Waals surface area contributed by atoms with Gasteiger partial charge in [0.05, 0.1) is 20.3 Å². The zero-order valence-electron chi connectivity index (χ0n) is 18.1. The van der Waals surface area contributed by atoms with Gasteiger partial charge in [-0.05, 0) is 30.7 Å². The first-order valence-electron chi connectivity index (χ1n) is 11.0. The van der Waals surface area contributed by atoms with Crippen LogP contribution >= 0.6 is 0 Å². The molecule has 1 aromatic heterocycles. The Labute approximate surface area is 183 Å². The first-order valence-corrected chi connectivity index (χ1v) is 11.0. The molecule has 0 aliphatic carbocycles. The van der Waals surface area contributed by atoms with Crippen LogP contribution in [0.2, 0.25) is 0 Å². The number of aromatic amines is 1. The number of aromatic nitrogens is 1. The Balaban J connectivity index is 1.46. The Hall–Kier alpha value is -2.83. The molecule has 3 aromatic rings. The number of benzene rings is 2. The molecule has 1 saturated heterocycles. The smallest absolute Gasteiger partial charge is 0.220 e. The van der Waals surface area contributed by atoms with Gasteiger partial charge in [0, 0.05) is 54.6 Å². The molecule has 4 rings (SSSR count). The highest BCUT2D eigenvalue weighted by molar-refractivity contribution is 5.86. The third-order valence-corrected chi connectivity index (χ3v) is 5.98. The molecular weight excluding hydrogens is 390 g/mol. The van der Waals surface area contributed by atoms with E-state index in [4.69, 9.17) is 9.47 Å². The fraction of sp³-hybridized carbons (Fsp3) is 0.400. The van der Waals surface area contributed by atoms with Crippen LogP contribution < -0.4 is 10.1 Å². The molecule has 0 spiro atoms. The summed E-state index contributed by atoms with van der Waals surface area (Å²) in [6.45, 7) is 5.23. The number of hydrogen-bond acceptors (Lipinski definition) is 4. The molecule has 6 heteroatoms. The van der Waals surface area contributed by atoms with Gasteiger partial charge in [0.25, 0.3) is 0 Å². The van der Waals surface area contributed by atoms with Gasteiger partial charge < -0.3 is 19.8 Å². The minimum Gasteiger partial charge on any atom is -0.496 e. The Morgan fingerprint density at radius 1 is 1.13 bits per heavy atom. The van der Waals surface area contributed by atoms with Crippen LogP contribution in [0.15, 0.2) is 54.7 Å². The highest BCUT2D eigenvalue weighted by Crippen LogP contribution is 2.37. The third kappa shape index (κ3) is 5.27. The molecular formula is C25H31N3O3. The molecule has 2 aromatic carbocycles. The van der Waals surface area contributed by atoms with Crippen molar-refractivity contribution in [1.82, 2.24) is 15.2 Å². The lowest BCUT2D eigenvalue weighted by Crippen LogP contribution is -2.38. The minimum absolute atomic E-state index is 0.0585. The number of nitrogens with one attached hydrogen (secondary N) is 2. The molecule has 0 saturated carbocycles. The van der Waals surface area contributed by atoms with E-state index < -0.39 is 0 Å². The Morgan fingerprint density at radius 2 is 1.90 bits per heavy atom. The zero-order valence-corrected chi connectivity index (χ0v) is 18.1. The van der Waals surface area contributed by atoms with Gasteiger partial charge in [-0.1, -0.05) is 36.4 Å². The minimum atomic E-state index is -0.0912. The summed E-state index contributed by atoms with van der Waals surface area (Å²) in [5.74, 6) is 0.771. The number of H-pyrrole nitrogens is 1. The number of carbonyl (C=O) groups is 1. The number of methoxy groups -OCH3 is 1. The number of morpholine rings is 1. The van der Waals surface area contributed by atoms with Crippen LogP contribution in [-0.4, -0.2) is 62.3 Å². The Bertz CT molecular complexity index is 994. The van der Waals surface area contributed by atoms with Crippen molar-refractivity contribution in [3.63, 3.8) is 0 Å². The summed E-state index contributed by atoms with van der Waals surface area (Å²) in [5, 5.41) is 4.26. The molecule has 2 heterocycles. The standard InChI is InChI=1S/C25H31N3O3/c1-30-24-10-5-3-8-20(24)21(22-18-27-23-9-4-2-7-19(22)23)17-25(29)26-11-6-12-28-13-15-31-16-14-28/h2-5,7-10,18,21,27H,6,11-17H2,1H3,(H,26,29)/t21-/m0/s1. The van der Waals surface area contributed by atoms with Gasteiger partial charge in [-0.25, -0.2) is 0 Å². The largest absolute Gasteiger partial charge is 0.496 e. The second-order valence-electron chi connectivity index (χ2n) is 7.95. The van der Waals surface area contributed by atoms with Gasteiger partial charge in [-0.2, -0.15) is 0 Å². The predicted octanol–water partition coefficient (Wildman–Crippen LogP) is 3.54. The third-order valence-electron chi connectivity index (χ3n) is 5.98. The van der Waals surface area contributed by atoms with Crippen molar-refractivity contribution < 1.29 is 14.3 Å². The maximum absolute atomic E-state index is 12.9. The number of amides is 1. The SMILES string of the molecule is COc1ccccc1[C@H](CC(=O)NCCCN1CCOCC1)c1c[nH]c2ccccc12. The predicted molar refractivity (Wildman–Crippen MR) is 123 cm³/mol. The van der Waals surface area contributed by atoms with Gasteiger partial charge in [0.15, 0.2) is 0 Å². The summed E-state index contributed by atoms with van der Waals surface area (Å²) in [6, 6.07) is 16.2. The van der Waals surface area contributed by atoms with Crippen LogP contribution in [0.1, 0.15) is 29.9 Å². The highest BCUT2D eigenvalue weighted by atomic mass is 16.5. The number of ether oxygens (including phenoxy) is 2. The van der Waals surface area contributed by atoms with E-state index in [0.29, 0.717) is 13.0 Å². The van der Waals surface area contributed by atoms with Crippen LogP contribution in [0, 0.1) is 0 Å². The van der Waals surface area contributed by atoms with Crippen LogP contribution in [0.4, 0.5) is 0 Å². The van der Waals surface area contributed by atoms with Crippen molar-refractivity contribution in [3.05, 3.63) is 65.9 Å². The van der Waals surface area contributed by atoms with E-state index in [2.05, 4.69) is 33.4 Å². The topological polar surface area (TPSA) is 66.6 Å². The van der Waals surface area contributed by atoms with E-state index in [1.54, 1.807) is 7.11 Å². The fourth-order valence-corrected chi connectivity index (χ4v) is 4.34. The van der Waals surface area contributed by atoms with Gasteiger partial charge in [-0.15, -0.1) is 0 Å². The van der Waals surface area contributed by atoms with Crippen molar-refractivity contribution in [1.29, 1.82) is 0 Å². The lowest BCUT2D eigenvalue weighted by Gasteiger charge is -2.26. The number of hydrogen-bond donors (Lipinski definition) is 2. The van der Waals surface area contributed by atoms with Crippen molar-refractivity contribution in [2.75, 3.05) is 46.5 Å². The first-order chi connectivity index (χ1) is 15.3. The van der Waals surface area contributed by atoms with Gasteiger partial charge in [0.2, 0.25) is 5.91 Å². The van der Waals surface area contributed by atoms with E-state index in [-0.39, 0.29) is 11.8 Å². The maximum Gasteiger partial charge on any atom is 0.220 e. The summed E-state index contributed by atoms with van der Waals surface area (Å²) < 4.78 is 11.0. The van der Waals surface area contributed by atoms with E-state index in [1.165, 1.54) is 0 Å². The van der Waals surface area contributed by atoms with Crippen molar-refractivity contribution in [2.45, 2.75) is 18.8 Å². The summed E-state index contributed by atoms with van der Waals surface area (Å²) in [5.41, 5.74) is 3.21. The number of nitrogens with zero attached hydrogens (tertiary/aromatic N) is 1. The van der Waals surface area contributed by atoms with Crippen LogP contribution in [0.3, 0.4) is 0 Å². The molecule has 1 aliphatic heterocycles. The zero-order chi connectivity index (χ0) is 21.5. The number of carbonyl (C=O) groups excluding carboxylic acids is 1. The second kappa shape index (κ2) is 10.5. The second-order valence-corrected chi connectivity index (χ2v) is 7.95. The van der Waals surface area contributed by atoms with Crippen LogP contribution in [0.5, 0.6) is 5.75 Å². The quantitative estimate of drug-likeness (QED) is 0.519. The molecule has 0 unspecified atom stereocenters. The normalized spacial score (nSPS) is 15.6. The molecule has 1 atom stereocenters. The Morgan fingerprint density at radius 3 is 2.74 bits per heavy atom. The lowest BCUT2D eigenvalue weighted by molar-refractivity contribution is -0.121. The lowest BCUT2D eigenvalue weighted by atomic mass is 9.87. The molecule has 1 amide bonds. The monoisotopic (exact) mass is 421 g/mol. The van der Waals surface area contributed by atoms with Crippen molar-refractivity contribution in [2.24, 2.45) is 0 Å². The summed E-state index contributed by atoms with van der Waals surface area (Å²) in [6.07, 6.45) is 3.34. The maximum atomic E-state index is 12.9. The fourth-order valence-electron chi connectivity index (χ4n) is 4.34. The molecule has 0 radical (unpaired) electrons. The van der Waals surface area contributed by atoms with Gasteiger partial charge in [-0.3, -0.25) is 9.69 Å². The highest BCUT2D eigenvalue weighted by Gasteiger charge is 2.24. The first kappa shape index (κ1) is 21.4. The van der Waals surface area contributed by atoms with E-state index in [0.717, 1.165) is 67.0 Å². The van der Waals surface area contributed by atoms with Gasteiger partial charge in [0.1, 0.15) is 5.75 Å². The van der Waals surface area contributed by atoms with Gasteiger partial charge >= 0.3 is 0 Å². The number of fused-ring (bicyclic) bond motifs is 1. The number of para-hydroxylation sites is 2. The van der Waals surface area contributed by atoms with Crippen LogP contribution in [-0.2, 0) is 9.53 Å². The summed E-state index contributed by atoms with van der Waals surface area (Å²) in [4.78, 5) is 18.7. The molecule has 1 aliphatic rings. The molecule has 1 fully saturated rings. The summed E-state index contributed by atoms with van der Waals surface area (Å²) in [7, 11) is 1.68. The molecule has 2 N–H and O–H groups in total. The Kier molecular flexibility index (Phi) is 7.22. The van der Waals surface area contributed by atoms with E-state index >= 15 is 0 Å².